The molecule has 14 heavy (non-hydrogen) atoms. The average Bonchev–Trinajstić information content (AvgIpc) is 2.61. The SMILES string of the molecule is Cc1cc(CN2CC[C@@H](N)C2)n(C)n1. The topological polar surface area (TPSA) is 47.1 Å². The maximum Gasteiger partial charge on any atom is 0.0597 e. The van der Waals surface area contributed by atoms with Crippen molar-refractivity contribution in [1.82, 2.24) is 14.7 Å². The number of hydrogen-bond donors (Lipinski definition) is 1. The van der Waals surface area contributed by atoms with Gasteiger partial charge in [0.15, 0.2) is 0 Å². The monoisotopic (exact) mass is 194 g/mol. The number of aryl methyl sites for hydroxylation is 2. The lowest BCUT2D eigenvalue weighted by Gasteiger charge is -2.14. The maximum absolute atomic E-state index is 5.86. The first-order valence-corrected chi connectivity index (χ1v) is 5.12. The van der Waals surface area contributed by atoms with Crippen LogP contribution in [0.25, 0.3) is 0 Å². The third-order valence-corrected chi connectivity index (χ3v) is 2.79. The van der Waals surface area contributed by atoms with Crippen LogP contribution in [-0.4, -0.2) is 33.8 Å². The van der Waals surface area contributed by atoms with Crippen molar-refractivity contribution >= 4 is 0 Å². The molecule has 1 atom stereocenters. The fraction of sp³-hybridized carbons (Fsp3) is 0.700. The summed E-state index contributed by atoms with van der Waals surface area (Å²) in [5.74, 6) is 0. The van der Waals surface area contributed by atoms with E-state index in [1.165, 1.54) is 5.69 Å². The van der Waals surface area contributed by atoms with Crippen LogP contribution < -0.4 is 5.73 Å². The Morgan fingerprint density at radius 1 is 1.64 bits per heavy atom. The molecule has 0 unspecified atom stereocenters. The normalized spacial score (nSPS) is 23.2. The summed E-state index contributed by atoms with van der Waals surface area (Å²) in [4.78, 5) is 2.39. The first kappa shape index (κ1) is 9.68. The molecule has 2 heterocycles. The smallest absolute Gasteiger partial charge is 0.0597 e. The molecule has 0 aromatic carbocycles. The Balaban J connectivity index is 2.00. The third kappa shape index (κ3) is 1.96. The molecule has 1 aliphatic rings. The van der Waals surface area contributed by atoms with Crippen LogP contribution in [0.2, 0.25) is 0 Å². The van der Waals surface area contributed by atoms with Crippen LogP contribution in [-0.2, 0) is 13.6 Å². The van der Waals surface area contributed by atoms with Crippen LogP contribution in [0.1, 0.15) is 17.8 Å². The fourth-order valence-corrected chi connectivity index (χ4v) is 2.05. The second-order valence-electron chi connectivity index (χ2n) is 4.18. The third-order valence-electron chi connectivity index (χ3n) is 2.79. The second kappa shape index (κ2) is 3.71. The van der Waals surface area contributed by atoms with Crippen LogP contribution in [0.3, 0.4) is 0 Å². The lowest BCUT2D eigenvalue weighted by molar-refractivity contribution is 0.317. The Morgan fingerprint density at radius 3 is 2.93 bits per heavy atom. The summed E-state index contributed by atoms with van der Waals surface area (Å²) in [5.41, 5.74) is 8.22. The highest BCUT2D eigenvalue weighted by atomic mass is 15.3. The highest BCUT2D eigenvalue weighted by Gasteiger charge is 2.19. The number of rotatable bonds is 2. The lowest BCUT2D eigenvalue weighted by Crippen LogP contribution is -2.26. The van der Waals surface area contributed by atoms with Crippen LogP contribution >= 0.6 is 0 Å². The van der Waals surface area contributed by atoms with Crippen LogP contribution in [0, 0.1) is 6.92 Å². The second-order valence-corrected chi connectivity index (χ2v) is 4.18. The predicted molar refractivity (Wildman–Crippen MR) is 55.8 cm³/mol. The van der Waals surface area contributed by atoms with Crippen molar-refractivity contribution in [3.05, 3.63) is 17.5 Å². The van der Waals surface area contributed by atoms with Crippen molar-refractivity contribution < 1.29 is 0 Å². The zero-order valence-corrected chi connectivity index (χ0v) is 8.90. The van der Waals surface area contributed by atoms with Crippen LogP contribution in [0.15, 0.2) is 6.07 Å². The van der Waals surface area contributed by atoms with Crippen molar-refractivity contribution in [2.45, 2.75) is 25.9 Å². The first-order valence-electron chi connectivity index (χ1n) is 5.12. The summed E-state index contributed by atoms with van der Waals surface area (Å²) in [7, 11) is 2.00. The molecule has 1 fully saturated rings. The van der Waals surface area contributed by atoms with E-state index in [0.29, 0.717) is 6.04 Å². The predicted octanol–water partition coefficient (Wildman–Crippen LogP) is 0.262. The van der Waals surface area contributed by atoms with Gasteiger partial charge in [-0.25, -0.2) is 0 Å². The van der Waals surface area contributed by atoms with Gasteiger partial charge in [0.1, 0.15) is 0 Å². The molecule has 4 heteroatoms. The maximum atomic E-state index is 5.86. The van der Waals surface area contributed by atoms with Crippen molar-refractivity contribution in [3.63, 3.8) is 0 Å². The molecule has 4 nitrogen and oxygen atoms in total. The van der Waals surface area contributed by atoms with E-state index in [1.807, 2.05) is 18.7 Å². The molecule has 2 N–H and O–H groups in total. The van der Waals surface area contributed by atoms with Crippen molar-refractivity contribution in [3.8, 4) is 0 Å². The summed E-state index contributed by atoms with van der Waals surface area (Å²) in [6.07, 6.45) is 1.12. The van der Waals surface area contributed by atoms with Crippen LogP contribution in [0.5, 0.6) is 0 Å². The van der Waals surface area contributed by atoms with Gasteiger partial charge in [-0.3, -0.25) is 9.58 Å². The molecule has 1 aromatic heterocycles. The van der Waals surface area contributed by atoms with E-state index in [1.54, 1.807) is 0 Å². The Morgan fingerprint density at radius 2 is 2.43 bits per heavy atom. The van der Waals surface area contributed by atoms with Gasteiger partial charge in [0.25, 0.3) is 0 Å². The molecule has 0 amide bonds. The molecule has 0 aliphatic carbocycles. The minimum Gasteiger partial charge on any atom is -0.326 e. The van der Waals surface area contributed by atoms with Gasteiger partial charge in [-0.1, -0.05) is 0 Å². The van der Waals surface area contributed by atoms with Crippen LogP contribution in [0.4, 0.5) is 0 Å². The van der Waals surface area contributed by atoms with Gasteiger partial charge in [-0.05, 0) is 19.4 Å². The standard InChI is InChI=1S/C10H18N4/c1-8-5-10(13(2)12-8)7-14-4-3-9(11)6-14/h5,9H,3-4,6-7,11H2,1-2H3/t9-/m1/s1. The Labute approximate surface area is 84.7 Å². The molecule has 1 aliphatic heterocycles. The summed E-state index contributed by atoms with van der Waals surface area (Å²) in [6, 6.07) is 2.51. The van der Waals surface area contributed by atoms with Gasteiger partial charge in [-0.2, -0.15) is 5.10 Å². The number of nitrogens with zero attached hydrogens (tertiary/aromatic N) is 3. The zero-order chi connectivity index (χ0) is 10.1. The largest absolute Gasteiger partial charge is 0.326 e. The lowest BCUT2D eigenvalue weighted by atomic mass is 10.3. The highest BCUT2D eigenvalue weighted by Crippen LogP contribution is 2.12. The van der Waals surface area contributed by atoms with Crippen molar-refractivity contribution in [1.29, 1.82) is 0 Å². The molecular formula is C10H18N4. The number of nitrogens with two attached hydrogens (primary N) is 1. The molecule has 0 spiro atoms. The molecule has 0 bridgehead atoms. The van der Waals surface area contributed by atoms with Gasteiger partial charge < -0.3 is 5.73 Å². The molecule has 1 saturated heterocycles. The first-order chi connectivity index (χ1) is 6.65. The van der Waals surface area contributed by atoms with Gasteiger partial charge in [0.05, 0.1) is 11.4 Å². The quantitative estimate of drug-likeness (QED) is 0.734. The van der Waals surface area contributed by atoms with E-state index in [4.69, 9.17) is 5.73 Å². The van der Waals surface area contributed by atoms with Crippen molar-refractivity contribution in [2.75, 3.05) is 13.1 Å². The molecule has 1 aromatic rings. The van der Waals surface area contributed by atoms with Gasteiger partial charge in [0, 0.05) is 32.7 Å². The number of aromatic nitrogens is 2. The summed E-state index contributed by atoms with van der Waals surface area (Å²) in [5, 5.41) is 4.33. The molecule has 0 radical (unpaired) electrons. The van der Waals surface area contributed by atoms with Crippen molar-refractivity contribution in [2.24, 2.45) is 12.8 Å². The number of hydrogen-bond acceptors (Lipinski definition) is 3. The van der Waals surface area contributed by atoms with E-state index in [-0.39, 0.29) is 0 Å². The van der Waals surface area contributed by atoms with E-state index in [0.717, 1.165) is 31.7 Å². The van der Waals surface area contributed by atoms with E-state index in [2.05, 4.69) is 16.1 Å². The van der Waals surface area contributed by atoms with E-state index < -0.39 is 0 Å². The van der Waals surface area contributed by atoms with E-state index in [9.17, 15) is 0 Å². The van der Waals surface area contributed by atoms with Gasteiger partial charge in [0.2, 0.25) is 0 Å². The summed E-state index contributed by atoms with van der Waals surface area (Å²) >= 11 is 0. The van der Waals surface area contributed by atoms with Gasteiger partial charge >= 0.3 is 0 Å². The highest BCUT2D eigenvalue weighted by molar-refractivity contribution is 5.08. The molecular weight excluding hydrogens is 176 g/mol. The minimum atomic E-state index is 0.365. The Kier molecular flexibility index (Phi) is 2.56. The number of likely N-dealkylation sites (tertiary alicyclic amines) is 1. The Bertz CT molecular complexity index is 318. The summed E-state index contributed by atoms with van der Waals surface area (Å²) < 4.78 is 1.96. The fourth-order valence-electron chi connectivity index (χ4n) is 2.05. The minimum absolute atomic E-state index is 0.365. The van der Waals surface area contributed by atoms with E-state index >= 15 is 0 Å². The zero-order valence-electron chi connectivity index (χ0n) is 8.90. The summed E-state index contributed by atoms with van der Waals surface area (Å²) in [6.45, 7) is 5.14. The molecule has 78 valence electrons. The van der Waals surface area contributed by atoms with Gasteiger partial charge in [-0.15, -0.1) is 0 Å². The molecule has 2 rings (SSSR count). The Hall–Kier alpha value is -0.870. The average molecular weight is 194 g/mol. The molecule has 0 saturated carbocycles.